The molecule has 0 radical (unpaired) electrons. The Balaban J connectivity index is 3.61. The Morgan fingerprint density at radius 3 is 2.40 bits per heavy atom. The van der Waals surface area contributed by atoms with Crippen molar-refractivity contribution in [3.05, 3.63) is 0 Å². The van der Waals surface area contributed by atoms with Gasteiger partial charge in [-0.15, -0.1) is 0 Å². The number of carbonyl (C=O) groups excluding carboxylic acids is 2. The van der Waals surface area contributed by atoms with Crippen molar-refractivity contribution >= 4 is 12.6 Å². The summed E-state index contributed by atoms with van der Waals surface area (Å²) >= 11 is 0. The second-order valence-electron chi connectivity index (χ2n) is 1.83. The van der Waals surface area contributed by atoms with Crippen LogP contribution in [0.4, 0.5) is 0 Å². The Morgan fingerprint density at radius 2 is 2.10 bits per heavy atom. The van der Waals surface area contributed by atoms with Gasteiger partial charge in [-0.2, -0.15) is 0 Å². The molecule has 2 unspecified atom stereocenters. The second kappa shape index (κ2) is 5.08. The summed E-state index contributed by atoms with van der Waals surface area (Å²) in [4.78, 5) is 19.9. The molecule has 0 aromatic heterocycles. The van der Waals surface area contributed by atoms with Gasteiger partial charge < -0.3 is 19.4 Å². The van der Waals surface area contributed by atoms with Crippen LogP contribution in [0.3, 0.4) is 0 Å². The quantitative estimate of drug-likeness (QED) is 0.513. The van der Waals surface area contributed by atoms with Crippen molar-refractivity contribution in [1.82, 2.24) is 0 Å². The van der Waals surface area contributed by atoms with E-state index in [4.69, 9.17) is 9.84 Å². The van der Waals surface area contributed by atoms with E-state index in [1.807, 2.05) is 0 Å². The number of aliphatic hydroxyl groups excluding tert-OH is 1. The molecule has 4 nitrogen and oxygen atoms in total. The van der Waals surface area contributed by atoms with Gasteiger partial charge in [0.1, 0.15) is 18.5 Å². The molecule has 0 aliphatic heterocycles. The lowest BCUT2D eigenvalue weighted by Crippen LogP contribution is -2.25. The lowest BCUT2D eigenvalue weighted by Gasteiger charge is -2.09. The largest absolute Gasteiger partial charge is 0.393 e. The molecule has 1 N–H and O–H groups in total. The first kappa shape index (κ1) is 9.26. The average molecular weight is 146 g/mol. The Hall–Kier alpha value is -0.740. The Labute approximate surface area is 58.8 Å². The Kier molecular flexibility index (Phi) is 4.70. The second-order valence-corrected chi connectivity index (χ2v) is 1.83. The van der Waals surface area contributed by atoms with Gasteiger partial charge in [0.25, 0.3) is 0 Å². The van der Waals surface area contributed by atoms with Crippen molar-refractivity contribution in [2.24, 2.45) is 0 Å². The van der Waals surface area contributed by atoms with Crippen LogP contribution in [0, 0.1) is 0 Å². The highest BCUT2D eigenvalue weighted by atomic mass is 16.5. The highest BCUT2D eigenvalue weighted by molar-refractivity contribution is 5.59. The van der Waals surface area contributed by atoms with E-state index in [1.165, 1.54) is 6.92 Å². The van der Waals surface area contributed by atoms with Gasteiger partial charge in [-0.05, 0) is 6.92 Å². The maximum absolute atomic E-state index is 9.99. The van der Waals surface area contributed by atoms with Crippen LogP contribution < -0.4 is 0 Å². The molecule has 0 fully saturated rings. The molecule has 0 amide bonds. The first-order valence-electron chi connectivity index (χ1n) is 2.91. The van der Waals surface area contributed by atoms with Gasteiger partial charge in [-0.1, -0.05) is 0 Å². The van der Waals surface area contributed by atoms with Crippen LogP contribution in [-0.4, -0.2) is 36.5 Å². The first-order chi connectivity index (χ1) is 4.74. The van der Waals surface area contributed by atoms with E-state index in [2.05, 4.69) is 0 Å². The number of hydrogen-bond donors (Lipinski definition) is 1. The van der Waals surface area contributed by atoms with Crippen molar-refractivity contribution in [3.8, 4) is 0 Å². The Bertz CT molecular complexity index is 112. The molecule has 0 aromatic rings. The molecular weight excluding hydrogens is 136 g/mol. The molecule has 0 aliphatic carbocycles. The molecule has 0 aromatic carbocycles. The van der Waals surface area contributed by atoms with Gasteiger partial charge >= 0.3 is 0 Å². The van der Waals surface area contributed by atoms with Crippen LogP contribution in [0.5, 0.6) is 0 Å². The van der Waals surface area contributed by atoms with E-state index >= 15 is 0 Å². The van der Waals surface area contributed by atoms with Crippen LogP contribution in [0.2, 0.25) is 0 Å². The minimum absolute atomic E-state index is 0.387. The molecule has 0 spiro atoms. The molecule has 0 bridgehead atoms. The molecule has 0 heterocycles. The summed E-state index contributed by atoms with van der Waals surface area (Å²) in [7, 11) is 0. The van der Waals surface area contributed by atoms with Crippen LogP contribution in [0.1, 0.15) is 6.92 Å². The monoisotopic (exact) mass is 146 g/mol. The summed E-state index contributed by atoms with van der Waals surface area (Å²) in [6.07, 6.45) is -0.492. The normalized spacial score (nSPS) is 15.8. The zero-order valence-electron chi connectivity index (χ0n) is 5.69. The van der Waals surface area contributed by atoms with Crippen molar-refractivity contribution < 1.29 is 19.4 Å². The fraction of sp³-hybridized carbons (Fsp3) is 0.667. The van der Waals surface area contributed by atoms with Crippen molar-refractivity contribution in [2.45, 2.75) is 19.1 Å². The predicted octanol–water partition coefficient (Wildman–Crippen LogP) is -0.850. The summed E-state index contributed by atoms with van der Waals surface area (Å²) in [6.45, 7) is 1.11. The van der Waals surface area contributed by atoms with Crippen LogP contribution >= 0.6 is 0 Å². The molecule has 0 rings (SSSR count). The molecule has 10 heavy (non-hydrogen) atoms. The fourth-order valence-corrected chi connectivity index (χ4v) is 0.426. The molecule has 2 atom stereocenters. The average Bonchev–Trinajstić information content (AvgIpc) is 1.99. The van der Waals surface area contributed by atoms with Gasteiger partial charge in [0.2, 0.25) is 0 Å². The van der Waals surface area contributed by atoms with E-state index in [0.717, 1.165) is 0 Å². The number of carbonyl (C=O) groups is 2. The summed E-state index contributed by atoms with van der Waals surface area (Å²) in [5.74, 6) is 0. The highest BCUT2D eigenvalue weighted by Gasteiger charge is 2.09. The molecule has 0 saturated heterocycles. The van der Waals surface area contributed by atoms with Crippen LogP contribution in [-0.2, 0) is 14.3 Å². The third kappa shape index (κ3) is 3.32. The van der Waals surface area contributed by atoms with E-state index < -0.39 is 12.2 Å². The topological polar surface area (TPSA) is 63.6 Å². The van der Waals surface area contributed by atoms with Gasteiger partial charge in [0.05, 0.1) is 6.61 Å². The first-order valence-corrected chi connectivity index (χ1v) is 2.91. The lowest BCUT2D eigenvalue weighted by molar-refractivity contribution is -0.131. The minimum atomic E-state index is -0.875. The van der Waals surface area contributed by atoms with Gasteiger partial charge in [0.15, 0.2) is 6.29 Å². The molecule has 0 saturated carbocycles. The maximum atomic E-state index is 9.99. The number of hydrogen-bond acceptors (Lipinski definition) is 4. The number of rotatable bonds is 5. The third-order valence-corrected chi connectivity index (χ3v) is 0.913. The number of aldehydes is 2. The summed E-state index contributed by atoms with van der Waals surface area (Å²) in [5, 5.41) is 8.40. The van der Waals surface area contributed by atoms with Gasteiger partial charge in [-0.3, -0.25) is 0 Å². The van der Waals surface area contributed by atoms with Crippen LogP contribution in [0.25, 0.3) is 0 Å². The SMILES string of the molecule is CC(C=O)OC(C=O)CO. The van der Waals surface area contributed by atoms with Gasteiger partial charge in [-0.25, -0.2) is 0 Å². The van der Waals surface area contributed by atoms with E-state index in [-0.39, 0.29) is 6.61 Å². The van der Waals surface area contributed by atoms with Gasteiger partial charge in [0, 0.05) is 0 Å². The fourth-order valence-electron chi connectivity index (χ4n) is 0.426. The predicted molar refractivity (Wildman–Crippen MR) is 33.5 cm³/mol. The maximum Gasteiger partial charge on any atom is 0.151 e. The Morgan fingerprint density at radius 1 is 1.50 bits per heavy atom. The van der Waals surface area contributed by atoms with E-state index in [0.29, 0.717) is 12.6 Å². The third-order valence-electron chi connectivity index (χ3n) is 0.913. The molecule has 0 aliphatic rings. The summed E-state index contributed by atoms with van der Waals surface area (Å²) in [6, 6.07) is 0. The van der Waals surface area contributed by atoms with Crippen molar-refractivity contribution in [1.29, 1.82) is 0 Å². The summed E-state index contributed by atoms with van der Waals surface area (Å²) < 4.78 is 4.71. The minimum Gasteiger partial charge on any atom is -0.393 e. The highest BCUT2D eigenvalue weighted by Crippen LogP contribution is 1.91. The number of ether oxygens (including phenoxy) is 1. The molecular formula is C6H10O4. The lowest BCUT2D eigenvalue weighted by atomic mass is 10.4. The van der Waals surface area contributed by atoms with Crippen molar-refractivity contribution in [2.75, 3.05) is 6.61 Å². The van der Waals surface area contributed by atoms with Crippen molar-refractivity contribution in [3.63, 3.8) is 0 Å². The summed E-state index contributed by atoms with van der Waals surface area (Å²) in [5.41, 5.74) is 0. The van der Waals surface area contributed by atoms with E-state index in [9.17, 15) is 9.59 Å². The zero-order valence-corrected chi connectivity index (χ0v) is 5.69. The molecule has 4 heteroatoms. The smallest absolute Gasteiger partial charge is 0.151 e. The van der Waals surface area contributed by atoms with Crippen LogP contribution in [0.15, 0.2) is 0 Å². The molecule has 58 valence electrons. The number of aliphatic hydroxyl groups is 1. The zero-order chi connectivity index (χ0) is 7.98. The van der Waals surface area contributed by atoms with E-state index in [1.54, 1.807) is 0 Å². The standard InChI is InChI=1S/C6H10O4/c1-5(2-7)10-6(3-8)4-9/h2-3,5-6,9H,4H2,1H3.